The maximum Gasteiger partial charge on any atom is 0.251 e. The number of likely N-dealkylation sites (tertiary alicyclic amines) is 1. The number of carbonyl (C=O) groups excluding carboxylic acids is 2. The van der Waals surface area contributed by atoms with Gasteiger partial charge in [0.15, 0.2) is 6.19 Å². The van der Waals surface area contributed by atoms with Crippen LogP contribution in [0.5, 0.6) is 0 Å². The molecule has 202 valence electrons. The lowest BCUT2D eigenvalue weighted by Crippen LogP contribution is -2.53. The van der Waals surface area contributed by atoms with Crippen molar-refractivity contribution in [1.82, 2.24) is 15.2 Å². The fourth-order valence-corrected chi connectivity index (χ4v) is 5.77. The highest BCUT2D eigenvalue weighted by Crippen LogP contribution is 2.37. The lowest BCUT2D eigenvalue weighted by Gasteiger charge is -2.37. The number of hydrogen-bond acceptors (Lipinski definition) is 5. The lowest BCUT2D eigenvalue weighted by atomic mass is 9.87. The van der Waals surface area contributed by atoms with Gasteiger partial charge in [0, 0.05) is 35.2 Å². The second kappa shape index (κ2) is 11.1. The van der Waals surface area contributed by atoms with Gasteiger partial charge in [-0.05, 0) is 68.7 Å². The summed E-state index contributed by atoms with van der Waals surface area (Å²) in [5.74, 6) is -0.452. The van der Waals surface area contributed by atoms with Crippen LogP contribution in [0.4, 0.5) is 5.69 Å². The molecule has 1 aromatic carbocycles. The van der Waals surface area contributed by atoms with Crippen LogP contribution in [0, 0.1) is 11.5 Å². The minimum absolute atomic E-state index is 0.0540. The van der Waals surface area contributed by atoms with E-state index in [1.807, 2.05) is 44.2 Å². The van der Waals surface area contributed by atoms with Crippen molar-refractivity contribution >= 4 is 17.5 Å². The molecular weight excluding hydrogens is 474 g/mol. The van der Waals surface area contributed by atoms with Gasteiger partial charge in [0.1, 0.15) is 12.1 Å². The number of nitrogens with one attached hydrogen (secondary N) is 1. The zero-order chi connectivity index (χ0) is 27.5. The predicted octanol–water partition coefficient (Wildman–Crippen LogP) is 5.63. The quantitative estimate of drug-likeness (QED) is 0.504. The van der Waals surface area contributed by atoms with Gasteiger partial charge in [0.05, 0.1) is 0 Å². The molecule has 4 rings (SSSR count). The van der Waals surface area contributed by atoms with E-state index in [-0.39, 0.29) is 23.3 Å². The smallest absolute Gasteiger partial charge is 0.251 e. The Hall–Kier alpha value is -3.40. The van der Waals surface area contributed by atoms with Crippen LogP contribution >= 0.6 is 0 Å². The molecule has 1 aliphatic heterocycles. The number of amides is 2. The second-order valence-electron chi connectivity index (χ2n) is 12.4. The third kappa shape index (κ3) is 5.85. The molecule has 0 bridgehead atoms. The van der Waals surface area contributed by atoms with Gasteiger partial charge in [-0.2, -0.15) is 5.26 Å². The van der Waals surface area contributed by atoms with Crippen molar-refractivity contribution < 1.29 is 9.59 Å². The average molecular weight is 516 g/mol. The van der Waals surface area contributed by atoms with Crippen molar-refractivity contribution in [2.24, 2.45) is 0 Å². The molecule has 1 unspecified atom stereocenters. The fraction of sp³-hybridized carbons (Fsp3) is 0.548. The van der Waals surface area contributed by atoms with Crippen LogP contribution in [0.3, 0.4) is 0 Å². The third-order valence-corrected chi connectivity index (χ3v) is 8.09. The SMILES string of the molecule is CC(C)(C)c1ccc(N(C(=O)[C@H]2CCC(C)(C)N2C#N)C(C(=O)NC2CCCCC2)c2cccnc2)cc1. The van der Waals surface area contributed by atoms with E-state index in [9.17, 15) is 14.9 Å². The third-order valence-electron chi connectivity index (χ3n) is 8.09. The van der Waals surface area contributed by atoms with E-state index in [2.05, 4.69) is 37.3 Å². The molecule has 2 amide bonds. The van der Waals surface area contributed by atoms with Gasteiger partial charge in [-0.3, -0.25) is 24.4 Å². The largest absolute Gasteiger partial charge is 0.351 e. The van der Waals surface area contributed by atoms with Gasteiger partial charge in [-0.25, -0.2) is 0 Å². The number of nitriles is 1. The molecule has 7 heteroatoms. The van der Waals surface area contributed by atoms with Crippen molar-refractivity contribution in [2.75, 3.05) is 4.90 Å². The highest BCUT2D eigenvalue weighted by atomic mass is 16.2. The summed E-state index contributed by atoms with van der Waals surface area (Å²) in [6.45, 7) is 10.4. The molecule has 2 atom stereocenters. The molecule has 2 fully saturated rings. The number of benzene rings is 1. The summed E-state index contributed by atoms with van der Waals surface area (Å²) < 4.78 is 0. The molecule has 38 heavy (non-hydrogen) atoms. The zero-order valence-electron chi connectivity index (χ0n) is 23.4. The number of carbonyl (C=O) groups is 2. The minimum atomic E-state index is -0.900. The Morgan fingerprint density at radius 1 is 1.11 bits per heavy atom. The number of aromatic nitrogens is 1. The summed E-state index contributed by atoms with van der Waals surface area (Å²) in [6.07, 6.45) is 12.1. The molecule has 1 aromatic heterocycles. The van der Waals surface area contributed by atoms with Gasteiger partial charge in [0.2, 0.25) is 5.91 Å². The Labute approximate surface area is 227 Å². The molecule has 2 heterocycles. The molecule has 1 aliphatic carbocycles. The number of rotatable bonds is 6. The Balaban J connectivity index is 1.80. The van der Waals surface area contributed by atoms with Crippen LogP contribution in [0.2, 0.25) is 0 Å². The first-order valence-corrected chi connectivity index (χ1v) is 13.9. The Morgan fingerprint density at radius 3 is 2.37 bits per heavy atom. The van der Waals surface area contributed by atoms with Crippen LogP contribution in [-0.2, 0) is 15.0 Å². The summed E-state index contributed by atoms with van der Waals surface area (Å²) in [5.41, 5.74) is 1.94. The molecule has 1 saturated heterocycles. The van der Waals surface area contributed by atoms with Crippen LogP contribution in [-0.4, -0.2) is 39.3 Å². The summed E-state index contributed by atoms with van der Waals surface area (Å²) in [6, 6.07) is 10.1. The first-order valence-electron chi connectivity index (χ1n) is 13.9. The van der Waals surface area contributed by atoms with E-state index in [4.69, 9.17) is 0 Å². The van der Waals surface area contributed by atoms with E-state index >= 15 is 0 Å². The Morgan fingerprint density at radius 2 is 1.79 bits per heavy atom. The van der Waals surface area contributed by atoms with Crippen molar-refractivity contribution in [2.45, 2.75) is 109 Å². The van der Waals surface area contributed by atoms with Crippen LogP contribution < -0.4 is 10.2 Å². The first-order chi connectivity index (χ1) is 18.0. The second-order valence-corrected chi connectivity index (χ2v) is 12.4. The molecule has 0 radical (unpaired) electrons. The summed E-state index contributed by atoms with van der Waals surface area (Å²) >= 11 is 0. The van der Waals surface area contributed by atoms with Gasteiger partial charge < -0.3 is 5.32 Å². The number of pyridine rings is 1. The van der Waals surface area contributed by atoms with Crippen molar-refractivity contribution in [3.05, 3.63) is 59.9 Å². The average Bonchev–Trinajstić information content (AvgIpc) is 3.21. The van der Waals surface area contributed by atoms with Gasteiger partial charge in [0.25, 0.3) is 5.91 Å². The summed E-state index contributed by atoms with van der Waals surface area (Å²) in [4.78, 5) is 36.0. The monoisotopic (exact) mass is 515 g/mol. The van der Waals surface area contributed by atoms with E-state index in [1.54, 1.807) is 28.3 Å². The summed E-state index contributed by atoms with van der Waals surface area (Å²) in [5, 5.41) is 13.2. The van der Waals surface area contributed by atoms with Crippen molar-refractivity contribution in [1.29, 1.82) is 5.26 Å². The molecule has 1 saturated carbocycles. The topological polar surface area (TPSA) is 89.3 Å². The van der Waals surface area contributed by atoms with Gasteiger partial charge in [-0.15, -0.1) is 0 Å². The van der Waals surface area contributed by atoms with Crippen LogP contribution in [0.1, 0.15) is 96.7 Å². The Bertz CT molecular complexity index is 1160. The minimum Gasteiger partial charge on any atom is -0.351 e. The van der Waals surface area contributed by atoms with E-state index in [0.29, 0.717) is 17.7 Å². The maximum absolute atomic E-state index is 14.4. The zero-order valence-corrected chi connectivity index (χ0v) is 23.4. The maximum atomic E-state index is 14.4. The number of anilines is 1. The molecule has 0 spiro atoms. The number of hydrogen-bond donors (Lipinski definition) is 1. The Kier molecular flexibility index (Phi) is 8.10. The van der Waals surface area contributed by atoms with Crippen LogP contribution in [0.25, 0.3) is 0 Å². The van der Waals surface area contributed by atoms with Crippen molar-refractivity contribution in [3.8, 4) is 6.19 Å². The molecule has 2 aromatic rings. The predicted molar refractivity (Wildman–Crippen MR) is 149 cm³/mol. The first kappa shape index (κ1) is 27.6. The number of nitrogens with zero attached hydrogens (tertiary/aromatic N) is 4. The standard InChI is InChI=1S/C31H41N5O2/c1-30(2,3)23-13-15-25(16-14-23)36(29(38)26-17-18-31(4,5)35(26)21-32)27(22-10-9-19-33-20-22)28(37)34-24-11-7-6-8-12-24/h9-10,13-16,19-20,24,26-27H,6-8,11-12,17-18H2,1-5H3,(H,34,37)/t26-,27?/m1/s1. The van der Waals surface area contributed by atoms with E-state index in [0.717, 1.165) is 37.7 Å². The molecule has 1 N–H and O–H groups in total. The van der Waals surface area contributed by atoms with E-state index < -0.39 is 17.6 Å². The molecule has 2 aliphatic rings. The highest BCUT2D eigenvalue weighted by Gasteiger charge is 2.46. The fourth-order valence-electron chi connectivity index (χ4n) is 5.77. The highest BCUT2D eigenvalue weighted by molar-refractivity contribution is 6.04. The van der Waals surface area contributed by atoms with E-state index in [1.165, 1.54) is 6.42 Å². The molecule has 7 nitrogen and oxygen atoms in total. The van der Waals surface area contributed by atoms with Crippen molar-refractivity contribution in [3.63, 3.8) is 0 Å². The normalized spacial score (nSPS) is 20.4. The summed E-state index contributed by atoms with van der Waals surface area (Å²) in [7, 11) is 0. The lowest BCUT2D eigenvalue weighted by molar-refractivity contribution is -0.129. The van der Waals surface area contributed by atoms with Crippen LogP contribution in [0.15, 0.2) is 48.8 Å². The van der Waals surface area contributed by atoms with Gasteiger partial charge in [-0.1, -0.05) is 58.2 Å². The van der Waals surface area contributed by atoms with Gasteiger partial charge >= 0.3 is 0 Å². The molecular formula is C31H41N5O2.